The summed E-state index contributed by atoms with van der Waals surface area (Å²) in [4.78, 5) is 18.6. The summed E-state index contributed by atoms with van der Waals surface area (Å²) in [5, 5.41) is 13.8. The highest BCUT2D eigenvalue weighted by atomic mass is 19.4. The molecule has 28 heavy (non-hydrogen) atoms. The first-order chi connectivity index (χ1) is 13.3. The first-order valence-corrected chi connectivity index (χ1v) is 9.16. The fourth-order valence-corrected chi connectivity index (χ4v) is 4.36. The van der Waals surface area contributed by atoms with E-state index >= 15 is 0 Å². The Morgan fingerprint density at radius 1 is 1.14 bits per heavy atom. The van der Waals surface area contributed by atoms with E-state index in [2.05, 4.69) is 10.3 Å². The highest BCUT2D eigenvalue weighted by Gasteiger charge is 2.50. The maximum Gasteiger partial charge on any atom is 0.416 e. The monoisotopic (exact) mass is 391 g/mol. The first kappa shape index (κ1) is 18.7. The van der Waals surface area contributed by atoms with Crippen molar-refractivity contribution >= 4 is 11.7 Å². The molecule has 2 aliphatic heterocycles. The predicted molar refractivity (Wildman–Crippen MR) is 96.5 cm³/mol. The van der Waals surface area contributed by atoms with E-state index in [0.717, 1.165) is 30.5 Å². The lowest BCUT2D eigenvalue weighted by Crippen LogP contribution is -2.53. The number of alkyl halides is 3. The lowest BCUT2D eigenvalue weighted by Gasteiger charge is -2.43. The minimum atomic E-state index is -4.41. The van der Waals surface area contributed by atoms with Crippen LogP contribution in [-0.4, -0.2) is 33.1 Å². The van der Waals surface area contributed by atoms with Crippen LogP contribution in [0.25, 0.3) is 0 Å². The molecule has 5 nitrogen and oxygen atoms in total. The number of aromatic nitrogens is 1. The lowest BCUT2D eigenvalue weighted by atomic mass is 9.81. The van der Waals surface area contributed by atoms with Crippen molar-refractivity contribution in [2.75, 3.05) is 5.32 Å². The molecule has 8 heteroatoms. The molecule has 2 saturated heterocycles. The van der Waals surface area contributed by atoms with Gasteiger partial charge in [-0.15, -0.1) is 0 Å². The van der Waals surface area contributed by atoms with Crippen molar-refractivity contribution in [2.45, 2.75) is 49.5 Å². The van der Waals surface area contributed by atoms with Gasteiger partial charge in [-0.3, -0.25) is 4.98 Å². The number of urea groups is 1. The fourth-order valence-electron chi connectivity index (χ4n) is 4.36. The van der Waals surface area contributed by atoms with Crippen LogP contribution in [0.4, 0.5) is 23.7 Å². The third kappa shape index (κ3) is 3.44. The summed E-state index contributed by atoms with van der Waals surface area (Å²) >= 11 is 0. The van der Waals surface area contributed by atoms with Gasteiger partial charge in [-0.2, -0.15) is 13.2 Å². The van der Waals surface area contributed by atoms with Crippen LogP contribution in [0.2, 0.25) is 0 Å². The number of carbonyl (C=O) groups excluding carboxylic acids is 1. The third-order valence-electron chi connectivity index (χ3n) is 5.66. The van der Waals surface area contributed by atoms with Gasteiger partial charge in [0.1, 0.15) is 0 Å². The maximum atomic E-state index is 12.8. The highest BCUT2D eigenvalue weighted by Crippen LogP contribution is 2.45. The first-order valence-electron chi connectivity index (χ1n) is 9.16. The Morgan fingerprint density at radius 3 is 2.32 bits per heavy atom. The van der Waals surface area contributed by atoms with Crippen LogP contribution < -0.4 is 5.32 Å². The van der Waals surface area contributed by atoms with Crippen LogP contribution in [0, 0.1) is 0 Å². The molecule has 4 rings (SSSR count). The van der Waals surface area contributed by atoms with E-state index < -0.39 is 17.3 Å². The molecule has 148 valence electrons. The number of carbonyl (C=O) groups is 1. The topological polar surface area (TPSA) is 65.5 Å². The molecular weight excluding hydrogens is 371 g/mol. The number of aliphatic hydroxyl groups is 1. The van der Waals surface area contributed by atoms with Gasteiger partial charge < -0.3 is 15.3 Å². The van der Waals surface area contributed by atoms with Gasteiger partial charge in [0.2, 0.25) is 0 Å². The Balaban J connectivity index is 1.47. The molecule has 0 radical (unpaired) electrons. The molecule has 2 N–H and O–H groups in total. The van der Waals surface area contributed by atoms with Crippen LogP contribution in [0.1, 0.15) is 36.8 Å². The Hall–Kier alpha value is -2.61. The van der Waals surface area contributed by atoms with E-state index in [1.165, 1.54) is 12.1 Å². The van der Waals surface area contributed by atoms with E-state index in [1.807, 2.05) is 6.07 Å². The summed E-state index contributed by atoms with van der Waals surface area (Å²) in [5.74, 6) is 0. The average Bonchev–Trinajstić information content (AvgIpc) is 2.94. The largest absolute Gasteiger partial charge is 0.416 e. The quantitative estimate of drug-likeness (QED) is 0.809. The number of nitrogens with one attached hydrogen (secondary N) is 1. The number of nitrogens with zero attached hydrogens (tertiary/aromatic N) is 2. The molecule has 2 aromatic rings. The molecule has 0 aliphatic carbocycles. The molecule has 1 aromatic heterocycles. The highest BCUT2D eigenvalue weighted by molar-refractivity contribution is 5.90. The number of rotatable bonds is 2. The van der Waals surface area contributed by atoms with Crippen molar-refractivity contribution in [3.05, 3.63) is 59.9 Å². The zero-order chi connectivity index (χ0) is 19.9. The molecule has 2 aliphatic rings. The molecule has 2 bridgehead atoms. The van der Waals surface area contributed by atoms with E-state index in [1.54, 1.807) is 23.4 Å². The Labute approximate surface area is 160 Å². The van der Waals surface area contributed by atoms with Gasteiger partial charge in [-0.05, 0) is 43.2 Å². The summed E-state index contributed by atoms with van der Waals surface area (Å²) in [6.45, 7) is 0. The summed E-state index contributed by atoms with van der Waals surface area (Å²) < 4.78 is 38.0. The summed E-state index contributed by atoms with van der Waals surface area (Å²) in [6, 6.07) is 7.40. The van der Waals surface area contributed by atoms with Gasteiger partial charge >= 0.3 is 12.2 Å². The van der Waals surface area contributed by atoms with Gasteiger partial charge in [0, 0.05) is 48.6 Å². The fraction of sp³-hybridized carbons (Fsp3) is 0.400. The molecule has 2 fully saturated rings. The Bertz CT molecular complexity index is 841. The minimum Gasteiger partial charge on any atom is -0.385 e. The second kappa shape index (κ2) is 6.77. The Morgan fingerprint density at radius 2 is 1.79 bits per heavy atom. The van der Waals surface area contributed by atoms with E-state index in [4.69, 9.17) is 0 Å². The smallest absolute Gasteiger partial charge is 0.385 e. The summed E-state index contributed by atoms with van der Waals surface area (Å²) in [7, 11) is 0. The van der Waals surface area contributed by atoms with Crippen molar-refractivity contribution in [1.29, 1.82) is 0 Å². The van der Waals surface area contributed by atoms with Gasteiger partial charge in [0.25, 0.3) is 0 Å². The molecule has 2 amide bonds. The SMILES string of the molecule is O=C(Nc1ccc(C(F)(F)F)cc1)N1[C@@H]2CC[C@H]1CC(O)(c1cccnc1)C2. The zero-order valence-corrected chi connectivity index (χ0v) is 15.0. The van der Waals surface area contributed by atoms with Crippen LogP contribution in [0.15, 0.2) is 48.8 Å². The third-order valence-corrected chi connectivity index (χ3v) is 5.66. The van der Waals surface area contributed by atoms with Crippen molar-refractivity contribution < 1.29 is 23.1 Å². The molecular formula is C20H20F3N3O2. The number of fused-ring (bicyclic) bond motifs is 2. The van der Waals surface area contributed by atoms with Crippen LogP contribution in [0.3, 0.4) is 0 Å². The van der Waals surface area contributed by atoms with Crippen molar-refractivity contribution in [2.24, 2.45) is 0 Å². The van der Waals surface area contributed by atoms with Crippen LogP contribution >= 0.6 is 0 Å². The van der Waals surface area contributed by atoms with Crippen LogP contribution in [-0.2, 0) is 11.8 Å². The number of pyridine rings is 1. The van der Waals surface area contributed by atoms with Gasteiger partial charge in [-0.1, -0.05) is 6.07 Å². The zero-order valence-electron chi connectivity index (χ0n) is 15.0. The number of piperidine rings is 1. The Kier molecular flexibility index (Phi) is 4.53. The van der Waals surface area contributed by atoms with Gasteiger partial charge in [0.05, 0.1) is 11.2 Å². The normalized spacial score (nSPS) is 26.9. The molecule has 3 atom stereocenters. The standard InChI is InChI=1S/C20H20F3N3O2/c21-20(22,23)13-3-5-15(6-4-13)25-18(27)26-16-7-8-17(26)11-19(28,10-16)14-2-1-9-24-12-14/h1-6,9,12,16-17,28H,7-8,10-11H2,(H,25,27)/t16-,17+,19?. The molecule has 1 aromatic carbocycles. The van der Waals surface area contributed by atoms with Crippen LogP contribution in [0.5, 0.6) is 0 Å². The number of hydrogen-bond acceptors (Lipinski definition) is 3. The van der Waals surface area contributed by atoms with Crippen molar-refractivity contribution in [1.82, 2.24) is 9.88 Å². The lowest BCUT2D eigenvalue weighted by molar-refractivity contribution is -0.137. The van der Waals surface area contributed by atoms with E-state index in [0.29, 0.717) is 18.5 Å². The molecule has 0 spiro atoms. The van der Waals surface area contributed by atoms with E-state index in [-0.39, 0.29) is 18.1 Å². The molecule has 3 heterocycles. The summed E-state index contributed by atoms with van der Waals surface area (Å²) in [5.41, 5.74) is -0.726. The van der Waals surface area contributed by atoms with Gasteiger partial charge in [0.15, 0.2) is 0 Å². The number of anilines is 1. The maximum absolute atomic E-state index is 12.8. The number of benzene rings is 1. The summed E-state index contributed by atoms with van der Waals surface area (Å²) in [6.07, 6.45) is 1.28. The van der Waals surface area contributed by atoms with Crippen molar-refractivity contribution in [3.63, 3.8) is 0 Å². The number of hydrogen-bond donors (Lipinski definition) is 2. The van der Waals surface area contributed by atoms with Crippen molar-refractivity contribution in [3.8, 4) is 0 Å². The molecule has 0 saturated carbocycles. The second-order valence-corrected chi connectivity index (χ2v) is 7.48. The predicted octanol–water partition coefficient (Wildman–Crippen LogP) is 4.15. The number of halogens is 3. The number of amides is 2. The van der Waals surface area contributed by atoms with Gasteiger partial charge in [-0.25, -0.2) is 4.79 Å². The molecule has 1 unspecified atom stereocenters. The second-order valence-electron chi connectivity index (χ2n) is 7.48. The average molecular weight is 391 g/mol. The minimum absolute atomic E-state index is 0.126. The van der Waals surface area contributed by atoms with E-state index in [9.17, 15) is 23.1 Å².